The van der Waals surface area contributed by atoms with Gasteiger partial charge in [0, 0.05) is 5.56 Å². The predicted octanol–water partition coefficient (Wildman–Crippen LogP) is 3.21. The summed E-state index contributed by atoms with van der Waals surface area (Å²) in [6.07, 6.45) is 3.48. The number of hydrogen-bond donors (Lipinski definition) is 1. The Labute approximate surface area is 148 Å². The molecule has 0 amide bonds. The van der Waals surface area contributed by atoms with Crippen LogP contribution >= 0.6 is 23.3 Å². The zero-order valence-corrected chi connectivity index (χ0v) is 15.2. The highest BCUT2D eigenvalue weighted by molar-refractivity contribution is 7.98. The van der Waals surface area contributed by atoms with Crippen molar-refractivity contribution < 1.29 is 14.2 Å². The number of rotatable bonds is 7. The molecule has 0 spiro atoms. The average molecular weight is 364 g/mol. The number of benzene rings is 1. The first-order valence-electron chi connectivity index (χ1n) is 6.71. The molecule has 0 atom stereocenters. The van der Waals surface area contributed by atoms with E-state index in [1.165, 1.54) is 23.3 Å². The molecule has 0 fully saturated rings. The van der Waals surface area contributed by atoms with Gasteiger partial charge in [-0.3, -0.25) is 5.43 Å². The molecule has 7 nitrogen and oxygen atoms in total. The number of hydrogen-bond acceptors (Lipinski definition) is 9. The van der Waals surface area contributed by atoms with E-state index < -0.39 is 0 Å². The van der Waals surface area contributed by atoms with Crippen LogP contribution in [0.4, 0.5) is 5.00 Å². The van der Waals surface area contributed by atoms with Crippen LogP contribution in [0.25, 0.3) is 0 Å². The number of nitriles is 1. The number of ether oxygens (including phenoxy) is 3. The van der Waals surface area contributed by atoms with Crippen LogP contribution in [0.1, 0.15) is 11.1 Å². The molecule has 1 aromatic heterocycles. The average Bonchev–Trinajstić information content (AvgIpc) is 3.02. The molecule has 0 aliphatic heterocycles. The van der Waals surface area contributed by atoms with Gasteiger partial charge in [0.1, 0.15) is 21.7 Å². The summed E-state index contributed by atoms with van der Waals surface area (Å²) in [6, 6.07) is 5.68. The van der Waals surface area contributed by atoms with Crippen LogP contribution in [0.2, 0.25) is 0 Å². The van der Waals surface area contributed by atoms with Crippen LogP contribution in [-0.2, 0) is 0 Å². The molecular weight excluding hydrogens is 348 g/mol. The van der Waals surface area contributed by atoms with Crippen molar-refractivity contribution in [2.24, 2.45) is 5.10 Å². The van der Waals surface area contributed by atoms with Crippen LogP contribution in [0, 0.1) is 11.3 Å². The third-order valence-electron chi connectivity index (χ3n) is 3.03. The molecule has 0 saturated heterocycles. The van der Waals surface area contributed by atoms with Gasteiger partial charge in [-0.05, 0) is 29.9 Å². The van der Waals surface area contributed by atoms with Crippen molar-refractivity contribution in [1.82, 2.24) is 4.37 Å². The number of thioether (sulfide) groups is 1. The molecule has 1 N–H and O–H groups in total. The maximum atomic E-state index is 9.19. The summed E-state index contributed by atoms with van der Waals surface area (Å²) in [4.78, 5) is 0. The van der Waals surface area contributed by atoms with E-state index in [0.717, 1.165) is 5.56 Å². The quantitative estimate of drug-likeness (QED) is 0.458. The summed E-state index contributed by atoms with van der Waals surface area (Å²) in [6.45, 7) is 0. The van der Waals surface area contributed by atoms with Gasteiger partial charge in [-0.1, -0.05) is 0 Å². The minimum Gasteiger partial charge on any atom is -0.493 e. The standard InChI is InChI=1S/C15H16N4O3S2/c1-20-11-5-9(6-12(21-2)13(11)22-3)8-17-18-14-10(7-16)15(23-4)19-24-14/h5-6,8,18H,1-4H3. The molecule has 126 valence electrons. The largest absolute Gasteiger partial charge is 0.493 e. The van der Waals surface area contributed by atoms with Crippen molar-refractivity contribution in [3.05, 3.63) is 23.3 Å². The Kier molecular flexibility index (Phi) is 6.28. The number of aromatic nitrogens is 1. The van der Waals surface area contributed by atoms with Crippen molar-refractivity contribution in [2.75, 3.05) is 33.0 Å². The number of nitrogens with one attached hydrogen (secondary N) is 1. The first-order valence-corrected chi connectivity index (χ1v) is 8.71. The maximum Gasteiger partial charge on any atom is 0.203 e. The van der Waals surface area contributed by atoms with Gasteiger partial charge in [-0.2, -0.15) is 14.7 Å². The molecule has 9 heteroatoms. The highest BCUT2D eigenvalue weighted by atomic mass is 32.2. The molecular formula is C15H16N4O3S2. The van der Waals surface area contributed by atoms with Gasteiger partial charge in [0.15, 0.2) is 11.5 Å². The minimum absolute atomic E-state index is 0.495. The zero-order valence-electron chi connectivity index (χ0n) is 13.6. The lowest BCUT2D eigenvalue weighted by Crippen LogP contribution is -1.97. The van der Waals surface area contributed by atoms with Crippen molar-refractivity contribution in [3.63, 3.8) is 0 Å². The predicted molar refractivity (Wildman–Crippen MR) is 95.9 cm³/mol. The first kappa shape index (κ1) is 17.9. The third-order valence-corrected chi connectivity index (χ3v) is 4.58. The lowest BCUT2D eigenvalue weighted by atomic mass is 10.2. The van der Waals surface area contributed by atoms with Gasteiger partial charge < -0.3 is 14.2 Å². The van der Waals surface area contributed by atoms with Gasteiger partial charge >= 0.3 is 0 Å². The van der Waals surface area contributed by atoms with Crippen molar-refractivity contribution >= 4 is 34.5 Å². The van der Waals surface area contributed by atoms with Crippen LogP contribution in [0.3, 0.4) is 0 Å². The Morgan fingerprint density at radius 1 is 1.25 bits per heavy atom. The lowest BCUT2D eigenvalue weighted by Gasteiger charge is -2.12. The normalized spacial score (nSPS) is 10.5. The monoisotopic (exact) mass is 364 g/mol. The van der Waals surface area contributed by atoms with Gasteiger partial charge in [0.05, 0.1) is 27.5 Å². The molecule has 2 aromatic rings. The summed E-state index contributed by atoms with van der Waals surface area (Å²) in [5.74, 6) is 1.60. The number of nitrogens with zero attached hydrogens (tertiary/aromatic N) is 3. The van der Waals surface area contributed by atoms with Crippen LogP contribution in [0.5, 0.6) is 17.2 Å². The molecule has 0 bridgehead atoms. The van der Waals surface area contributed by atoms with E-state index in [0.29, 0.717) is 32.8 Å². The molecule has 1 heterocycles. The van der Waals surface area contributed by atoms with E-state index in [1.54, 1.807) is 39.7 Å². The summed E-state index contributed by atoms with van der Waals surface area (Å²) < 4.78 is 20.1. The third kappa shape index (κ3) is 3.72. The van der Waals surface area contributed by atoms with Crippen LogP contribution in [-0.4, -0.2) is 38.2 Å². The van der Waals surface area contributed by atoms with E-state index in [2.05, 4.69) is 21.0 Å². The van der Waals surface area contributed by atoms with E-state index in [9.17, 15) is 5.26 Å². The molecule has 2 rings (SSSR count). The summed E-state index contributed by atoms with van der Waals surface area (Å²) >= 11 is 2.62. The first-order chi connectivity index (χ1) is 11.7. The fraction of sp³-hybridized carbons (Fsp3) is 0.267. The topological polar surface area (TPSA) is 88.8 Å². The molecule has 24 heavy (non-hydrogen) atoms. The molecule has 1 aromatic carbocycles. The molecule has 0 unspecified atom stereocenters. The van der Waals surface area contributed by atoms with Gasteiger partial charge in [-0.15, -0.1) is 11.8 Å². The Morgan fingerprint density at radius 3 is 2.42 bits per heavy atom. The Morgan fingerprint density at radius 2 is 1.92 bits per heavy atom. The second kappa shape index (κ2) is 8.42. The Hall–Kier alpha value is -2.44. The summed E-state index contributed by atoms with van der Waals surface area (Å²) in [5.41, 5.74) is 4.10. The second-order valence-corrected chi connectivity index (χ2v) is 5.90. The van der Waals surface area contributed by atoms with Crippen molar-refractivity contribution in [2.45, 2.75) is 5.03 Å². The minimum atomic E-state index is 0.495. The lowest BCUT2D eigenvalue weighted by molar-refractivity contribution is 0.324. The number of anilines is 1. The van der Waals surface area contributed by atoms with E-state index in [-0.39, 0.29) is 0 Å². The Bertz CT molecular complexity index is 759. The van der Waals surface area contributed by atoms with Crippen molar-refractivity contribution in [1.29, 1.82) is 5.26 Å². The van der Waals surface area contributed by atoms with Gasteiger partial charge in [0.2, 0.25) is 5.75 Å². The van der Waals surface area contributed by atoms with Gasteiger partial charge in [-0.25, -0.2) is 0 Å². The zero-order chi connectivity index (χ0) is 17.5. The smallest absolute Gasteiger partial charge is 0.203 e. The fourth-order valence-electron chi connectivity index (χ4n) is 1.93. The molecule has 0 radical (unpaired) electrons. The van der Waals surface area contributed by atoms with Crippen LogP contribution in [0.15, 0.2) is 22.3 Å². The second-order valence-electron chi connectivity index (χ2n) is 4.34. The van der Waals surface area contributed by atoms with E-state index >= 15 is 0 Å². The maximum absolute atomic E-state index is 9.19. The Balaban J connectivity index is 2.24. The summed E-state index contributed by atoms with van der Waals surface area (Å²) in [5, 5.41) is 14.6. The highest BCUT2D eigenvalue weighted by Gasteiger charge is 2.13. The molecule has 0 aliphatic rings. The summed E-state index contributed by atoms with van der Waals surface area (Å²) in [7, 11) is 4.65. The number of methoxy groups -OCH3 is 3. The SMILES string of the molecule is COc1cc(C=NNc2snc(SC)c2C#N)cc(OC)c1OC. The van der Waals surface area contributed by atoms with E-state index in [4.69, 9.17) is 14.2 Å². The van der Waals surface area contributed by atoms with Crippen LogP contribution < -0.4 is 19.6 Å². The van der Waals surface area contributed by atoms with Gasteiger partial charge in [0.25, 0.3) is 0 Å². The van der Waals surface area contributed by atoms with E-state index in [1.807, 2.05) is 6.26 Å². The number of hydrazone groups is 1. The molecule has 0 aliphatic carbocycles. The molecule has 0 saturated carbocycles. The highest BCUT2D eigenvalue weighted by Crippen LogP contribution is 2.37. The fourth-order valence-corrected chi connectivity index (χ4v) is 3.35. The van der Waals surface area contributed by atoms with Crippen molar-refractivity contribution in [3.8, 4) is 23.3 Å².